The van der Waals surface area contributed by atoms with Crippen LogP contribution in [0.25, 0.3) is 10.4 Å². The number of nitrogens with zero attached hydrogens (tertiary/aromatic N) is 4. The molecule has 1 rings (SSSR count). The van der Waals surface area contributed by atoms with Gasteiger partial charge < -0.3 is 5.11 Å². The largest absolute Gasteiger partial charge is 0.392 e. The Labute approximate surface area is 81.0 Å². The van der Waals surface area contributed by atoms with E-state index in [9.17, 15) is 0 Å². The smallest absolute Gasteiger partial charge is 0.113 e. The lowest BCUT2D eigenvalue weighted by atomic mass is 10.2. The minimum absolute atomic E-state index is 0.0283. The summed E-state index contributed by atoms with van der Waals surface area (Å²) in [7, 11) is 0. The van der Waals surface area contributed by atoms with E-state index in [0.29, 0.717) is 5.69 Å². The predicted molar refractivity (Wildman–Crippen MR) is 51.1 cm³/mol. The molecule has 1 aromatic heterocycles. The Bertz CT molecular complexity index is 395. The van der Waals surface area contributed by atoms with Gasteiger partial charge in [0.1, 0.15) is 5.69 Å². The molecule has 5 heteroatoms. The third-order valence-electron chi connectivity index (χ3n) is 1.44. The highest BCUT2D eigenvalue weighted by Gasteiger charge is 1.90. The van der Waals surface area contributed by atoms with Crippen LogP contribution < -0.4 is 0 Å². The standard InChI is InChI=1S/C9H8N4O/c10-13-12-5-1-2-9-4-3-8(7-14)6-11-9/h3-4,6,14H,5,7H2. The zero-order chi connectivity index (χ0) is 10.2. The highest BCUT2D eigenvalue weighted by Crippen LogP contribution is 1.98. The van der Waals surface area contributed by atoms with Crippen LogP contribution in [0.15, 0.2) is 23.4 Å². The van der Waals surface area contributed by atoms with Crippen LogP contribution in [0, 0.1) is 11.8 Å². The van der Waals surface area contributed by atoms with E-state index in [2.05, 4.69) is 26.9 Å². The van der Waals surface area contributed by atoms with E-state index in [0.717, 1.165) is 5.56 Å². The fraction of sp³-hybridized carbons (Fsp3) is 0.222. The SMILES string of the molecule is [N-]=[N+]=NCC#Cc1ccc(CO)cn1. The molecule has 1 aromatic rings. The molecule has 70 valence electrons. The molecule has 5 nitrogen and oxygen atoms in total. The maximum absolute atomic E-state index is 8.74. The molecule has 0 bridgehead atoms. The van der Waals surface area contributed by atoms with Gasteiger partial charge in [-0.2, -0.15) is 0 Å². The third kappa shape index (κ3) is 3.15. The molecule has 0 spiro atoms. The van der Waals surface area contributed by atoms with Crippen LogP contribution in [-0.4, -0.2) is 16.6 Å². The number of azide groups is 1. The summed E-state index contributed by atoms with van der Waals surface area (Å²) >= 11 is 0. The first-order chi connectivity index (χ1) is 6.86. The van der Waals surface area contributed by atoms with Crippen LogP contribution in [0.4, 0.5) is 0 Å². The van der Waals surface area contributed by atoms with E-state index in [1.165, 1.54) is 0 Å². The van der Waals surface area contributed by atoms with E-state index in [-0.39, 0.29) is 13.2 Å². The highest BCUT2D eigenvalue weighted by atomic mass is 16.3. The van der Waals surface area contributed by atoms with Gasteiger partial charge in [-0.3, -0.25) is 0 Å². The molecule has 0 amide bonds. The minimum atomic E-state index is -0.0283. The zero-order valence-corrected chi connectivity index (χ0v) is 7.38. The summed E-state index contributed by atoms with van der Waals surface area (Å²) in [5, 5.41) is 12.0. The molecule has 0 aliphatic rings. The number of aliphatic hydroxyl groups excluding tert-OH is 1. The number of pyridine rings is 1. The second-order valence-electron chi connectivity index (χ2n) is 2.40. The molecule has 0 aliphatic carbocycles. The molecular weight excluding hydrogens is 180 g/mol. The van der Waals surface area contributed by atoms with Crippen molar-refractivity contribution in [3.8, 4) is 11.8 Å². The van der Waals surface area contributed by atoms with Gasteiger partial charge in [-0.1, -0.05) is 17.1 Å². The summed E-state index contributed by atoms with van der Waals surface area (Å²) < 4.78 is 0. The quantitative estimate of drug-likeness (QED) is 0.328. The van der Waals surface area contributed by atoms with Crippen molar-refractivity contribution in [1.29, 1.82) is 0 Å². The fourth-order valence-electron chi connectivity index (χ4n) is 0.789. The van der Waals surface area contributed by atoms with E-state index in [1.54, 1.807) is 18.3 Å². The van der Waals surface area contributed by atoms with Crippen LogP contribution in [0.3, 0.4) is 0 Å². The molecule has 14 heavy (non-hydrogen) atoms. The van der Waals surface area contributed by atoms with E-state index in [4.69, 9.17) is 10.6 Å². The summed E-state index contributed by atoms with van der Waals surface area (Å²) in [5.41, 5.74) is 9.31. The third-order valence-corrected chi connectivity index (χ3v) is 1.44. The summed E-state index contributed by atoms with van der Waals surface area (Å²) in [6, 6.07) is 3.44. The Morgan fingerprint density at radius 1 is 1.57 bits per heavy atom. The van der Waals surface area contributed by atoms with Crippen LogP contribution in [0.1, 0.15) is 11.3 Å². The van der Waals surface area contributed by atoms with Gasteiger partial charge in [0.25, 0.3) is 0 Å². The lowest BCUT2D eigenvalue weighted by molar-refractivity contribution is 0.281. The lowest BCUT2D eigenvalue weighted by Crippen LogP contribution is -1.87. The summed E-state index contributed by atoms with van der Waals surface area (Å²) in [6.45, 7) is 0.110. The van der Waals surface area contributed by atoms with Crippen molar-refractivity contribution in [3.63, 3.8) is 0 Å². The Morgan fingerprint density at radius 3 is 3.00 bits per heavy atom. The van der Waals surface area contributed by atoms with Crippen LogP contribution in [0.2, 0.25) is 0 Å². The Kier molecular flexibility index (Phi) is 4.02. The van der Waals surface area contributed by atoms with Gasteiger partial charge in [-0.25, -0.2) is 4.98 Å². The van der Waals surface area contributed by atoms with Gasteiger partial charge in [0, 0.05) is 11.1 Å². The maximum Gasteiger partial charge on any atom is 0.113 e. The van der Waals surface area contributed by atoms with Gasteiger partial charge in [-0.15, -0.1) is 0 Å². The highest BCUT2D eigenvalue weighted by molar-refractivity contribution is 5.29. The Balaban J connectivity index is 2.66. The van der Waals surface area contributed by atoms with E-state index >= 15 is 0 Å². The molecule has 0 saturated heterocycles. The molecule has 1 N–H and O–H groups in total. The second kappa shape index (κ2) is 5.60. The van der Waals surface area contributed by atoms with Gasteiger partial charge in [0.2, 0.25) is 0 Å². The molecule has 0 saturated carbocycles. The number of aromatic nitrogens is 1. The number of aliphatic hydroxyl groups is 1. The van der Waals surface area contributed by atoms with Crippen molar-refractivity contribution in [2.24, 2.45) is 5.11 Å². The first-order valence-corrected chi connectivity index (χ1v) is 3.92. The topological polar surface area (TPSA) is 81.9 Å². The van der Waals surface area contributed by atoms with Crippen LogP contribution in [-0.2, 0) is 6.61 Å². The normalized spacial score (nSPS) is 8.36. The van der Waals surface area contributed by atoms with Gasteiger partial charge in [0.05, 0.1) is 13.2 Å². The first kappa shape index (κ1) is 10.1. The van der Waals surface area contributed by atoms with Crippen molar-refractivity contribution in [1.82, 2.24) is 4.98 Å². The van der Waals surface area contributed by atoms with Crippen molar-refractivity contribution >= 4 is 0 Å². The van der Waals surface area contributed by atoms with Crippen molar-refractivity contribution in [2.45, 2.75) is 6.61 Å². The van der Waals surface area contributed by atoms with E-state index < -0.39 is 0 Å². The van der Waals surface area contributed by atoms with Gasteiger partial charge in [-0.05, 0) is 23.1 Å². The molecule has 0 aliphatic heterocycles. The predicted octanol–water partition coefficient (Wildman–Crippen LogP) is 1.24. The molecule has 0 aromatic carbocycles. The molecule has 0 radical (unpaired) electrons. The fourth-order valence-corrected chi connectivity index (χ4v) is 0.789. The Morgan fingerprint density at radius 2 is 2.43 bits per heavy atom. The maximum atomic E-state index is 8.74. The van der Waals surface area contributed by atoms with Crippen LogP contribution in [0.5, 0.6) is 0 Å². The van der Waals surface area contributed by atoms with Crippen molar-refractivity contribution in [3.05, 3.63) is 40.0 Å². The average molecular weight is 188 g/mol. The molecule has 0 unspecified atom stereocenters. The molecule has 1 heterocycles. The van der Waals surface area contributed by atoms with Crippen molar-refractivity contribution in [2.75, 3.05) is 6.54 Å². The number of rotatable bonds is 2. The molecule has 0 fully saturated rings. The number of hydrogen-bond acceptors (Lipinski definition) is 3. The van der Waals surface area contributed by atoms with Crippen LogP contribution >= 0.6 is 0 Å². The molecule has 0 atom stereocenters. The summed E-state index contributed by atoms with van der Waals surface area (Å²) in [5.74, 6) is 5.37. The number of hydrogen-bond donors (Lipinski definition) is 1. The lowest BCUT2D eigenvalue weighted by Gasteiger charge is -1.93. The first-order valence-electron chi connectivity index (χ1n) is 3.92. The summed E-state index contributed by atoms with van der Waals surface area (Å²) in [6.07, 6.45) is 1.55. The second-order valence-corrected chi connectivity index (χ2v) is 2.40. The van der Waals surface area contributed by atoms with E-state index in [1.807, 2.05) is 0 Å². The molecular formula is C9H8N4O. The monoisotopic (exact) mass is 188 g/mol. The van der Waals surface area contributed by atoms with Gasteiger partial charge >= 0.3 is 0 Å². The average Bonchev–Trinajstić information content (AvgIpc) is 2.25. The minimum Gasteiger partial charge on any atom is -0.392 e. The Hall–Kier alpha value is -2.02. The van der Waals surface area contributed by atoms with Crippen molar-refractivity contribution < 1.29 is 5.11 Å². The zero-order valence-electron chi connectivity index (χ0n) is 7.38. The summed E-state index contributed by atoms with van der Waals surface area (Å²) in [4.78, 5) is 6.54. The van der Waals surface area contributed by atoms with Gasteiger partial charge in [0.15, 0.2) is 0 Å².